The van der Waals surface area contributed by atoms with Crippen molar-refractivity contribution >= 4 is 43.5 Å². The topological polar surface area (TPSA) is 76.4 Å². The van der Waals surface area contributed by atoms with E-state index in [0.29, 0.717) is 24.4 Å². The van der Waals surface area contributed by atoms with Gasteiger partial charge in [-0.05, 0) is 42.5 Å². The number of nitrogens with two attached hydrogens (primary N) is 1. The first-order valence-electron chi connectivity index (χ1n) is 6.53. The van der Waals surface area contributed by atoms with Gasteiger partial charge in [0, 0.05) is 21.2 Å². The Kier molecular flexibility index (Phi) is 6.23. The minimum atomic E-state index is -0.349. The molecule has 7 heteroatoms. The number of nitrogen functional groups attached to an aromatic ring is 1. The number of benzene rings is 2. The number of hydrogen-bond acceptors (Lipinski definition) is 4. The second-order valence-electron chi connectivity index (χ2n) is 4.39. The van der Waals surface area contributed by atoms with Crippen molar-refractivity contribution in [1.29, 1.82) is 0 Å². The third-order valence-corrected chi connectivity index (χ3v) is 3.88. The normalized spacial score (nSPS) is 10.1. The van der Waals surface area contributed by atoms with Gasteiger partial charge in [0.05, 0.1) is 5.56 Å². The molecule has 1 amide bonds. The standard InChI is InChI=1S/C15H15Br2N3O2/c16-10-1-4-12(5-2-10)22-8-7-19-14-6-3-11(17)9-13(14)15(21)20-18/h1-6,9,19H,7-8,18H2,(H,20,21). The van der Waals surface area contributed by atoms with Gasteiger partial charge in [0.15, 0.2) is 0 Å². The van der Waals surface area contributed by atoms with Crippen molar-refractivity contribution in [2.75, 3.05) is 18.5 Å². The highest BCUT2D eigenvalue weighted by molar-refractivity contribution is 9.10. The predicted octanol–water partition coefficient (Wildman–Crippen LogP) is 3.31. The Morgan fingerprint density at radius 2 is 1.77 bits per heavy atom. The highest BCUT2D eigenvalue weighted by atomic mass is 79.9. The lowest BCUT2D eigenvalue weighted by atomic mass is 10.1. The fourth-order valence-electron chi connectivity index (χ4n) is 1.82. The lowest BCUT2D eigenvalue weighted by Crippen LogP contribution is -2.30. The molecule has 0 bridgehead atoms. The highest BCUT2D eigenvalue weighted by Crippen LogP contribution is 2.21. The molecule has 0 aliphatic heterocycles. The number of carbonyl (C=O) groups is 1. The third kappa shape index (κ3) is 4.72. The molecule has 116 valence electrons. The molecule has 0 aromatic heterocycles. The average molecular weight is 429 g/mol. The Balaban J connectivity index is 1.91. The summed E-state index contributed by atoms with van der Waals surface area (Å²) in [6.07, 6.45) is 0. The molecule has 0 saturated carbocycles. The molecular formula is C15H15Br2N3O2. The van der Waals surface area contributed by atoms with Crippen LogP contribution in [0.3, 0.4) is 0 Å². The van der Waals surface area contributed by atoms with Crippen molar-refractivity contribution in [1.82, 2.24) is 5.43 Å². The summed E-state index contributed by atoms with van der Waals surface area (Å²) in [7, 11) is 0. The van der Waals surface area contributed by atoms with Crippen molar-refractivity contribution in [2.24, 2.45) is 5.84 Å². The van der Waals surface area contributed by atoms with Crippen molar-refractivity contribution in [3.8, 4) is 5.75 Å². The zero-order valence-electron chi connectivity index (χ0n) is 11.6. The van der Waals surface area contributed by atoms with Crippen LogP contribution >= 0.6 is 31.9 Å². The van der Waals surface area contributed by atoms with Crippen molar-refractivity contribution in [3.05, 3.63) is 57.0 Å². The molecule has 0 radical (unpaired) electrons. The molecule has 2 aromatic rings. The van der Waals surface area contributed by atoms with E-state index in [1.165, 1.54) is 0 Å². The molecule has 0 heterocycles. The SMILES string of the molecule is NNC(=O)c1cc(Br)ccc1NCCOc1ccc(Br)cc1. The van der Waals surface area contributed by atoms with Crippen LogP contribution in [0.4, 0.5) is 5.69 Å². The number of ether oxygens (including phenoxy) is 1. The van der Waals surface area contributed by atoms with E-state index in [1.54, 1.807) is 6.07 Å². The van der Waals surface area contributed by atoms with Crippen LogP contribution in [-0.4, -0.2) is 19.1 Å². The summed E-state index contributed by atoms with van der Waals surface area (Å²) in [5.41, 5.74) is 3.31. The first kappa shape index (κ1) is 16.8. The van der Waals surface area contributed by atoms with E-state index in [1.807, 2.05) is 36.4 Å². The van der Waals surface area contributed by atoms with Gasteiger partial charge in [-0.2, -0.15) is 0 Å². The van der Waals surface area contributed by atoms with Gasteiger partial charge in [0.2, 0.25) is 0 Å². The number of halogens is 2. The number of rotatable bonds is 6. The Morgan fingerprint density at radius 1 is 1.09 bits per heavy atom. The zero-order valence-corrected chi connectivity index (χ0v) is 14.8. The van der Waals surface area contributed by atoms with Gasteiger partial charge in [-0.3, -0.25) is 10.2 Å². The molecule has 2 aromatic carbocycles. The fraction of sp³-hybridized carbons (Fsp3) is 0.133. The number of carbonyl (C=O) groups excluding carboxylic acids is 1. The number of nitrogens with one attached hydrogen (secondary N) is 2. The van der Waals surface area contributed by atoms with Crippen LogP contribution in [0.2, 0.25) is 0 Å². The van der Waals surface area contributed by atoms with Gasteiger partial charge < -0.3 is 10.1 Å². The summed E-state index contributed by atoms with van der Waals surface area (Å²) < 4.78 is 7.43. The van der Waals surface area contributed by atoms with Crippen molar-refractivity contribution < 1.29 is 9.53 Å². The van der Waals surface area contributed by atoms with Crippen LogP contribution in [0.5, 0.6) is 5.75 Å². The van der Waals surface area contributed by atoms with Crippen LogP contribution in [-0.2, 0) is 0 Å². The maximum Gasteiger partial charge on any atom is 0.267 e. The maximum atomic E-state index is 11.7. The fourth-order valence-corrected chi connectivity index (χ4v) is 2.45. The predicted molar refractivity (Wildman–Crippen MR) is 93.9 cm³/mol. The van der Waals surface area contributed by atoms with Gasteiger partial charge in [-0.15, -0.1) is 0 Å². The summed E-state index contributed by atoms with van der Waals surface area (Å²) in [6, 6.07) is 13.0. The summed E-state index contributed by atoms with van der Waals surface area (Å²) in [6.45, 7) is 1.03. The Hall–Kier alpha value is -1.57. The Bertz CT molecular complexity index is 648. The quantitative estimate of drug-likeness (QED) is 0.285. The number of hydrogen-bond donors (Lipinski definition) is 3. The average Bonchev–Trinajstić information content (AvgIpc) is 2.53. The second-order valence-corrected chi connectivity index (χ2v) is 6.22. The zero-order chi connectivity index (χ0) is 15.9. The van der Waals surface area contributed by atoms with Crippen LogP contribution in [0.1, 0.15) is 10.4 Å². The van der Waals surface area contributed by atoms with Gasteiger partial charge >= 0.3 is 0 Å². The lowest BCUT2D eigenvalue weighted by Gasteiger charge is -2.12. The summed E-state index contributed by atoms with van der Waals surface area (Å²) in [5, 5.41) is 3.17. The number of anilines is 1. The Morgan fingerprint density at radius 3 is 2.45 bits per heavy atom. The highest BCUT2D eigenvalue weighted by Gasteiger charge is 2.10. The van der Waals surface area contributed by atoms with Gasteiger partial charge in [0.1, 0.15) is 12.4 Å². The first-order valence-corrected chi connectivity index (χ1v) is 8.11. The van der Waals surface area contributed by atoms with E-state index < -0.39 is 0 Å². The van der Waals surface area contributed by atoms with E-state index in [9.17, 15) is 4.79 Å². The van der Waals surface area contributed by atoms with Crippen molar-refractivity contribution in [2.45, 2.75) is 0 Å². The number of amides is 1. The molecule has 2 rings (SSSR count). The molecule has 0 aliphatic rings. The Labute approximate surface area is 145 Å². The van der Waals surface area contributed by atoms with E-state index >= 15 is 0 Å². The lowest BCUT2D eigenvalue weighted by molar-refractivity contribution is 0.0954. The van der Waals surface area contributed by atoms with E-state index in [-0.39, 0.29) is 5.91 Å². The van der Waals surface area contributed by atoms with Crippen LogP contribution < -0.4 is 21.3 Å². The largest absolute Gasteiger partial charge is 0.492 e. The monoisotopic (exact) mass is 427 g/mol. The molecule has 5 nitrogen and oxygen atoms in total. The van der Waals surface area contributed by atoms with Crippen LogP contribution in [0, 0.1) is 0 Å². The number of hydrazine groups is 1. The molecule has 0 spiro atoms. The smallest absolute Gasteiger partial charge is 0.267 e. The van der Waals surface area contributed by atoms with Crippen molar-refractivity contribution in [3.63, 3.8) is 0 Å². The summed E-state index contributed by atoms with van der Waals surface area (Å²) in [4.78, 5) is 11.7. The molecule has 0 unspecified atom stereocenters. The molecule has 0 atom stereocenters. The second kappa shape index (κ2) is 8.17. The summed E-state index contributed by atoms with van der Waals surface area (Å²) in [5.74, 6) is 5.64. The van der Waals surface area contributed by atoms with Gasteiger partial charge in [-0.1, -0.05) is 31.9 Å². The van der Waals surface area contributed by atoms with E-state index in [0.717, 1.165) is 14.7 Å². The van der Waals surface area contributed by atoms with Crippen LogP contribution in [0.25, 0.3) is 0 Å². The molecule has 22 heavy (non-hydrogen) atoms. The van der Waals surface area contributed by atoms with Crippen LogP contribution in [0.15, 0.2) is 51.4 Å². The summed E-state index contributed by atoms with van der Waals surface area (Å²) >= 11 is 6.71. The van der Waals surface area contributed by atoms with E-state index in [2.05, 4.69) is 42.6 Å². The van der Waals surface area contributed by atoms with Gasteiger partial charge in [0.25, 0.3) is 5.91 Å². The molecule has 0 saturated heterocycles. The van der Waals surface area contributed by atoms with Gasteiger partial charge in [-0.25, -0.2) is 5.84 Å². The minimum Gasteiger partial charge on any atom is -0.492 e. The van der Waals surface area contributed by atoms with E-state index in [4.69, 9.17) is 10.6 Å². The molecule has 0 aliphatic carbocycles. The molecular weight excluding hydrogens is 414 g/mol. The first-order chi connectivity index (χ1) is 10.6. The maximum absolute atomic E-state index is 11.7. The third-order valence-electron chi connectivity index (χ3n) is 2.86. The molecule has 0 fully saturated rings. The minimum absolute atomic E-state index is 0.349. The molecule has 4 N–H and O–H groups in total.